The Morgan fingerprint density at radius 3 is 2.80 bits per heavy atom. The fourth-order valence-electron chi connectivity index (χ4n) is 2.50. The molecule has 30 heavy (non-hydrogen) atoms. The van der Waals surface area contributed by atoms with E-state index < -0.39 is 16.7 Å². The molecular formula is C16H8ClF3N6O3S. The molecule has 0 aliphatic rings. The first kappa shape index (κ1) is 20.1. The Bertz CT molecular complexity index is 1260. The van der Waals surface area contributed by atoms with Crippen LogP contribution in [0.2, 0.25) is 5.02 Å². The fourth-order valence-corrected chi connectivity index (χ4v) is 3.50. The topological polar surface area (TPSA) is 112 Å². The summed E-state index contributed by atoms with van der Waals surface area (Å²) in [5.74, 6) is 0.371. The lowest BCUT2D eigenvalue weighted by Gasteiger charge is -2.08. The Kier molecular flexibility index (Phi) is 5.07. The van der Waals surface area contributed by atoms with Gasteiger partial charge in [-0.25, -0.2) is 0 Å². The molecule has 0 aliphatic carbocycles. The molecular weight excluding hydrogens is 449 g/mol. The summed E-state index contributed by atoms with van der Waals surface area (Å²) < 4.78 is 45.3. The van der Waals surface area contributed by atoms with Gasteiger partial charge in [-0.3, -0.25) is 14.5 Å². The van der Waals surface area contributed by atoms with Gasteiger partial charge in [0, 0.05) is 23.9 Å². The summed E-state index contributed by atoms with van der Waals surface area (Å²) >= 11 is 6.90. The van der Waals surface area contributed by atoms with Gasteiger partial charge in [-0.1, -0.05) is 40.7 Å². The van der Waals surface area contributed by atoms with Gasteiger partial charge in [0.25, 0.3) is 5.69 Å². The van der Waals surface area contributed by atoms with Crippen LogP contribution in [0, 0.1) is 10.1 Å². The predicted molar refractivity (Wildman–Crippen MR) is 98.9 cm³/mol. The first-order chi connectivity index (χ1) is 14.2. The lowest BCUT2D eigenvalue weighted by atomic mass is 10.2. The highest BCUT2D eigenvalue weighted by Gasteiger charge is 2.32. The van der Waals surface area contributed by atoms with Gasteiger partial charge in [0.1, 0.15) is 0 Å². The average molecular weight is 457 g/mol. The Morgan fingerprint density at radius 2 is 2.07 bits per heavy atom. The van der Waals surface area contributed by atoms with E-state index in [0.717, 1.165) is 28.4 Å². The van der Waals surface area contributed by atoms with Gasteiger partial charge in [0.2, 0.25) is 11.7 Å². The molecule has 0 N–H and O–H groups in total. The molecule has 3 aromatic heterocycles. The highest BCUT2D eigenvalue weighted by molar-refractivity contribution is 7.98. The monoisotopic (exact) mass is 456 g/mol. The van der Waals surface area contributed by atoms with E-state index in [1.807, 2.05) is 0 Å². The van der Waals surface area contributed by atoms with Gasteiger partial charge < -0.3 is 4.52 Å². The number of nitro benzene ring substituents is 1. The van der Waals surface area contributed by atoms with E-state index in [9.17, 15) is 23.3 Å². The fraction of sp³-hybridized carbons (Fsp3) is 0.125. The number of thioether (sulfide) groups is 1. The van der Waals surface area contributed by atoms with Crippen LogP contribution in [0.3, 0.4) is 0 Å². The van der Waals surface area contributed by atoms with Gasteiger partial charge in [-0.05, 0) is 6.07 Å². The zero-order chi connectivity index (χ0) is 21.5. The lowest BCUT2D eigenvalue weighted by Crippen LogP contribution is -2.07. The second-order valence-electron chi connectivity index (χ2n) is 5.86. The van der Waals surface area contributed by atoms with Crippen molar-refractivity contribution < 1.29 is 22.6 Å². The number of aromatic nitrogens is 5. The van der Waals surface area contributed by atoms with E-state index in [1.54, 1.807) is 6.07 Å². The molecule has 1 aromatic carbocycles. The van der Waals surface area contributed by atoms with E-state index in [-0.39, 0.29) is 39.0 Å². The SMILES string of the molecule is O=[N+]([O-])c1cccc(-c2noc(CSc3nnc4c(Cl)cc(C(F)(F)F)cn34)n2)c1. The molecule has 0 spiro atoms. The van der Waals surface area contributed by atoms with E-state index in [4.69, 9.17) is 16.1 Å². The first-order valence-corrected chi connectivity index (χ1v) is 9.40. The molecule has 0 saturated carbocycles. The number of alkyl halides is 3. The molecule has 4 aromatic rings. The van der Waals surface area contributed by atoms with Crippen LogP contribution in [0.5, 0.6) is 0 Å². The van der Waals surface area contributed by atoms with Crippen LogP contribution in [-0.2, 0) is 11.9 Å². The normalized spacial score (nSPS) is 11.9. The van der Waals surface area contributed by atoms with Gasteiger partial charge in [-0.2, -0.15) is 18.2 Å². The largest absolute Gasteiger partial charge is 0.417 e. The minimum absolute atomic E-state index is 0.0787. The predicted octanol–water partition coefficient (Wildman–Crippen LogP) is 4.65. The minimum atomic E-state index is -4.58. The maximum Gasteiger partial charge on any atom is 0.417 e. The number of rotatable bonds is 5. The number of nitrogens with zero attached hydrogens (tertiary/aromatic N) is 6. The Morgan fingerprint density at radius 1 is 1.27 bits per heavy atom. The van der Waals surface area contributed by atoms with Crippen LogP contribution in [-0.4, -0.2) is 29.7 Å². The summed E-state index contributed by atoms with van der Waals surface area (Å²) in [6.07, 6.45) is -3.73. The highest BCUT2D eigenvalue weighted by Crippen LogP contribution is 2.33. The molecule has 0 bridgehead atoms. The Labute approximate surface area is 174 Å². The summed E-state index contributed by atoms with van der Waals surface area (Å²) in [5.41, 5.74) is -0.596. The van der Waals surface area contributed by atoms with Crippen molar-refractivity contribution in [3.63, 3.8) is 0 Å². The van der Waals surface area contributed by atoms with Gasteiger partial charge in [-0.15, -0.1) is 10.2 Å². The second kappa shape index (κ2) is 7.57. The zero-order valence-corrected chi connectivity index (χ0v) is 16.1. The van der Waals surface area contributed by atoms with Crippen molar-refractivity contribution in [3.8, 4) is 11.4 Å². The van der Waals surface area contributed by atoms with Crippen LogP contribution in [0.15, 0.2) is 46.2 Å². The smallest absolute Gasteiger partial charge is 0.338 e. The minimum Gasteiger partial charge on any atom is -0.338 e. The molecule has 0 amide bonds. The third-order valence-electron chi connectivity index (χ3n) is 3.86. The maximum absolute atomic E-state index is 13.0. The molecule has 14 heteroatoms. The van der Waals surface area contributed by atoms with Crippen molar-refractivity contribution in [2.45, 2.75) is 17.1 Å². The van der Waals surface area contributed by atoms with Crippen molar-refractivity contribution in [1.29, 1.82) is 0 Å². The summed E-state index contributed by atoms with van der Waals surface area (Å²) in [5, 5.41) is 22.3. The van der Waals surface area contributed by atoms with Crippen molar-refractivity contribution in [3.05, 3.63) is 63.1 Å². The van der Waals surface area contributed by atoms with Crippen LogP contribution < -0.4 is 0 Å². The Balaban J connectivity index is 1.56. The quantitative estimate of drug-likeness (QED) is 0.242. The van der Waals surface area contributed by atoms with Crippen LogP contribution in [0.25, 0.3) is 17.0 Å². The molecule has 0 radical (unpaired) electrons. The molecule has 0 unspecified atom stereocenters. The van der Waals surface area contributed by atoms with Crippen molar-refractivity contribution in [1.82, 2.24) is 24.7 Å². The standard InChI is InChI=1S/C16H8ClF3N6O3S/c17-11-5-9(16(18,19)20)6-25-14(11)22-23-15(25)30-7-12-21-13(24-29-12)8-2-1-3-10(4-8)26(27)28/h1-6H,7H2. The van der Waals surface area contributed by atoms with E-state index in [0.29, 0.717) is 5.56 Å². The number of hydrogen-bond acceptors (Lipinski definition) is 8. The molecule has 4 rings (SSSR count). The van der Waals surface area contributed by atoms with E-state index >= 15 is 0 Å². The molecule has 9 nitrogen and oxygen atoms in total. The van der Waals surface area contributed by atoms with Gasteiger partial charge in [0.05, 0.1) is 21.3 Å². The number of nitro groups is 1. The summed E-state index contributed by atoms with van der Waals surface area (Å²) in [7, 11) is 0. The summed E-state index contributed by atoms with van der Waals surface area (Å²) in [4.78, 5) is 14.5. The van der Waals surface area contributed by atoms with Gasteiger partial charge >= 0.3 is 6.18 Å². The average Bonchev–Trinajstić information content (AvgIpc) is 3.33. The van der Waals surface area contributed by atoms with E-state index in [2.05, 4.69) is 20.3 Å². The first-order valence-electron chi connectivity index (χ1n) is 8.04. The van der Waals surface area contributed by atoms with Gasteiger partial charge in [0.15, 0.2) is 10.8 Å². The molecule has 0 saturated heterocycles. The number of pyridine rings is 1. The second-order valence-corrected chi connectivity index (χ2v) is 7.21. The number of benzene rings is 1. The van der Waals surface area contributed by atoms with Crippen molar-refractivity contribution >= 4 is 34.7 Å². The van der Waals surface area contributed by atoms with Crippen molar-refractivity contribution in [2.75, 3.05) is 0 Å². The number of fused-ring (bicyclic) bond motifs is 1. The Hall–Kier alpha value is -3.19. The van der Waals surface area contributed by atoms with Crippen molar-refractivity contribution in [2.24, 2.45) is 0 Å². The van der Waals surface area contributed by atoms with Crippen LogP contribution >= 0.6 is 23.4 Å². The van der Waals surface area contributed by atoms with Crippen LogP contribution in [0.4, 0.5) is 18.9 Å². The molecule has 0 aliphatic heterocycles. The van der Waals surface area contributed by atoms with Crippen LogP contribution in [0.1, 0.15) is 11.5 Å². The maximum atomic E-state index is 13.0. The number of non-ortho nitro benzene ring substituents is 1. The molecule has 0 atom stereocenters. The number of halogens is 4. The zero-order valence-electron chi connectivity index (χ0n) is 14.5. The number of hydrogen-bond donors (Lipinski definition) is 0. The summed E-state index contributed by atoms with van der Waals surface area (Å²) in [6.45, 7) is 0. The highest BCUT2D eigenvalue weighted by atomic mass is 35.5. The third kappa shape index (κ3) is 3.93. The lowest BCUT2D eigenvalue weighted by molar-refractivity contribution is -0.384. The molecule has 0 fully saturated rings. The molecule has 3 heterocycles. The van der Waals surface area contributed by atoms with E-state index in [1.165, 1.54) is 18.2 Å². The summed E-state index contributed by atoms with van der Waals surface area (Å²) in [6, 6.07) is 6.49. The molecule has 154 valence electrons. The third-order valence-corrected chi connectivity index (χ3v) is 5.07.